The summed E-state index contributed by atoms with van der Waals surface area (Å²) in [6.45, 7) is 1.55. The fourth-order valence-corrected chi connectivity index (χ4v) is 5.01. The minimum Gasteiger partial charge on any atom is -0.480 e. The number of rotatable bonds is 11. The van der Waals surface area contributed by atoms with Crippen LogP contribution in [0.15, 0.2) is 24.3 Å². The Bertz CT molecular complexity index is 1360. The lowest BCUT2D eigenvalue weighted by Gasteiger charge is -2.20. The SMILES string of the molecule is CN(C)C(=O)C(OC=O)Oc1cc(F)c2c(c1)CC(CNCCC1CN(c3ccc4c(n3)NC(=O)CO4)C(=O)O1)C2. The predicted octanol–water partition coefficient (Wildman–Crippen LogP) is 1.24. The normalized spacial score (nSPS) is 19.8. The summed E-state index contributed by atoms with van der Waals surface area (Å²) in [5.74, 6) is -0.0334. The Kier molecular flexibility index (Phi) is 8.19. The first-order valence-corrected chi connectivity index (χ1v) is 13.1. The number of amides is 3. The Morgan fingerprint density at radius 3 is 2.93 bits per heavy atom. The Balaban J connectivity index is 1.09. The van der Waals surface area contributed by atoms with E-state index in [-0.39, 0.29) is 42.6 Å². The summed E-state index contributed by atoms with van der Waals surface area (Å²) in [7, 11) is 2.98. The van der Waals surface area contributed by atoms with Crippen molar-refractivity contribution in [2.75, 3.05) is 50.6 Å². The molecule has 0 bridgehead atoms. The molecule has 13 nitrogen and oxygen atoms in total. The van der Waals surface area contributed by atoms with Gasteiger partial charge in [0.05, 0.1) is 6.54 Å². The third-order valence-electron chi connectivity index (χ3n) is 7.01. The third kappa shape index (κ3) is 6.32. The number of fused-ring (bicyclic) bond motifs is 2. The number of likely N-dealkylation sites (N-methyl/N-ethyl adjacent to an activating group) is 1. The van der Waals surface area contributed by atoms with Crippen LogP contribution in [-0.4, -0.2) is 87.0 Å². The van der Waals surface area contributed by atoms with E-state index in [0.29, 0.717) is 56.0 Å². The second-order valence-electron chi connectivity index (χ2n) is 10.2. The lowest BCUT2D eigenvalue weighted by Crippen LogP contribution is -2.39. The van der Waals surface area contributed by atoms with E-state index in [1.807, 2.05) is 0 Å². The molecular weight excluding hydrogens is 541 g/mol. The van der Waals surface area contributed by atoms with Crippen molar-refractivity contribution in [3.05, 3.63) is 41.2 Å². The van der Waals surface area contributed by atoms with E-state index < -0.39 is 24.1 Å². The van der Waals surface area contributed by atoms with E-state index in [1.54, 1.807) is 18.2 Å². The number of halogens is 1. The summed E-state index contributed by atoms with van der Waals surface area (Å²) in [6.07, 6.45) is -0.653. The molecule has 1 fully saturated rings. The van der Waals surface area contributed by atoms with Crippen molar-refractivity contribution in [3.63, 3.8) is 0 Å². The highest BCUT2D eigenvalue weighted by atomic mass is 19.1. The Morgan fingerprint density at radius 2 is 2.15 bits per heavy atom. The second kappa shape index (κ2) is 12.0. The fourth-order valence-electron chi connectivity index (χ4n) is 5.01. The number of hydrogen-bond donors (Lipinski definition) is 2. The third-order valence-corrected chi connectivity index (χ3v) is 7.01. The van der Waals surface area contributed by atoms with Crippen LogP contribution in [0.4, 0.5) is 20.8 Å². The molecule has 1 saturated heterocycles. The van der Waals surface area contributed by atoms with Gasteiger partial charge in [-0.25, -0.2) is 14.2 Å². The topological polar surface area (TPSA) is 149 Å². The van der Waals surface area contributed by atoms with Crippen LogP contribution in [0.5, 0.6) is 11.5 Å². The van der Waals surface area contributed by atoms with Crippen LogP contribution in [0.3, 0.4) is 0 Å². The van der Waals surface area contributed by atoms with E-state index in [4.69, 9.17) is 18.9 Å². The number of aromatic nitrogens is 1. The smallest absolute Gasteiger partial charge is 0.415 e. The van der Waals surface area contributed by atoms with Crippen molar-refractivity contribution in [2.45, 2.75) is 31.7 Å². The monoisotopic (exact) mass is 571 g/mol. The van der Waals surface area contributed by atoms with Crippen LogP contribution in [0, 0.1) is 11.7 Å². The largest absolute Gasteiger partial charge is 0.480 e. The highest BCUT2D eigenvalue weighted by Gasteiger charge is 2.34. The first kappa shape index (κ1) is 28.1. The van der Waals surface area contributed by atoms with Gasteiger partial charge in [0.25, 0.3) is 12.4 Å². The maximum atomic E-state index is 14.8. The van der Waals surface area contributed by atoms with E-state index in [2.05, 4.69) is 15.6 Å². The molecule has 2 aliphatic heterocycles. The van der Waals surface area contributed by atoms with Crippen LogP contribution in [0.25, 0.3) is 0 Å². The zero-order chi connectivity index (χ0) is 29.1. The Hall–Kier alpha value is -4.46. The zero-order valence-corrected chi connectivity index (χ0v) is 22.6. The highest BCUT2D eigenvalue weighted by molar-refractivity contribution is 5.95. The molecule has 1 aliphatic carbocycles. The lowest BCUT2D eigenvalue weighted by atomic mass is 10.1. The van der Waals surface area contributed by atoms with Crippen LogP contribution in [-0.2, 0) is 36.7 Å². The summed E-state index contributed by atoms with van der Waals surface area (Å²) in [5, 5.41) is 5.99. The van der Waals surface area contributed by atoms with Crippen molar-refractivity contribution < 1.29 is 42.5 Å². The van der Waals surface area contributed by atoms with Gasteiger partial charge in [0, 0.05) is 20.2 Å². The Morgan fingerprint density at radius 1 is 1.32 bits per heavy atom. The first-order valence-electron chi connectivity index (χ1n) is 13.1. The molecule has 14 heteroatoms. The number of carbonyl (C=O) groups excluding carboxylic acids is 4. The number of hydrogen-bond acceptors (Lipinski definition) is 10. The number of pyridine rings is 1. The molecule has 0 saturated carbocycles. The fraction of sp³-hybridized carbons (Fsp3) is 0.444. The van der Waals surface area contributed by atoms with E-state index in [1.165, 1.54) is 30.0 Å². The Labute approximate surface area is 234 Å². The molecule has 2 aromatic rings. The average molecular weight is 572 g/mol. The van der Waals surface area contributed by atoms with Gasteiger partial charge in [0.15, 0.2) is 18.2 Å². The van der Waals surface area contributed by atoms with E-state index in [0.717, 1.165) is 5.56 Å². The molecule has 218 valence electrons. The lowest BCUT2D eigenvalue weighted by molar-refractivity contribution is -0.167. The zero-order valence-electron chi connectivity index (χ0n) is 22.6. The molecule has 1 aromatic carbocycles. The number of carbonyl (C=O) groups is 4. The van der Waals surface area contributed by atoms with Crippen molar-refractivity contribution in [3.8, 4) is 11.5 Å². The van der Waals surface area contributed by atoms with Crippen molar-refractivity contribution in [1.82, 2.24) is 15.2 Å². The second-order valence-corrected chi connectivity index (χ2v) is 10.2. The van der Waals surface area contributed by atoms with Crippen molar-refractivity contribution >= 4 is 36.0 Å². The van der Waals surface area contributed by atoms with Crippen molar-refractivity contribution in [2.24, 2.45) is 5.92 Å². The molecule has 3 heterocycles. The highest BCUT2D eigenvalue weighted by Crippen LogP contribution is 2.33. The summed E-state index contributed by atoms with van der Waals surface area (Å²) in [4.78, 5) is 54.0. The van der Waals surface area contributed by atoms with Gasteiger partial charge in [-0.1, -0.05) is 0 Å². The van der Waals surface area contributed by atoms with Gasteiger partial charge in [0.2, 0.25) is 0 Å². The van der Waals surface area contributed by atoms with Crippen molar-refractivity contribution in [1.29, 1.82) is 0 Å². The quantitative estimate of drug-likeness (QED) is 0.229. The number of anilines is 2. The van der Waals surface area contributed by atoms with Crippen LogP contribution < -0.4 is 25.0 Å². The summed E-state index contributed by atoms with van der Waals surface area (Å²) >= 11 is 0. The minimum absolute atomic E-state index is 0.0796. The van der Waals surface area contributed by atoms with Gasteiger partial charge in [-0.3, -0.25) is 19.3 Å². The van der Waals surface area contributed by atoms with Gasteiger partial charge >= 0.3 is 18.3 Å². The summed E-state index contributed by atoms with van der Waals surface area (Å²) in [6, 6.07) is 6.15. The van der Waals surface area contributed by atoms with Gasteiger partial charge in [-0.15, -0.1) is 0 Å². The molecule has 3 atom stereocenters. The predicted molar refractivity (Wildman–Crippen MR) is 141 cm³/mol. The minimum atomic E-state index is -1.50. The number of nitrogens with one attached hydrogen (secondary N) is 2. The van der Waals surface area contributed by atoms with Gasteiger partial charge in [-0.2, -0.15) is 0 Å². The van der Waals surface area contributed by atoms with E-state index >= 15 is 0 Å². The van der Waals surface area contributed by atoms with Gasteiger partial charge < -0.3 is 34.5 Å². The number of nitrogens with zero attached hydrogens (tertiary/aromatic N) is 3. The van der Waals surface area contributed by atoms with E-state index in [9.17, 15) is 23.6 Å². The molecule has 3 unspecified atom stereocenters. The molecule has 3 amide bonds. The number of cyclic esters (lactones) is 1. The summed E-state index contributed by atoms with van der Waals surface area (Å²) in [5.41, 5.74) is 1.36. The maximum absolute atomic E-state index is 14.8. The molecular formula is C27H30FN5O8. The van der Waals surface area contributed by atoms with Crippen LogP contribution in [0.1, 0.15) is 17.5 Å². The van der Waals surface area contributed by atoms with Crippen LogP contribution in [0.2, 0.25) is 0 Å². The molecule has 3 aliphatic rings. The average Bonchev–Trinajstić information content (AvgIpc) is 3.53. The molecule has 5 rings (SSSR count). The molecule has 41 heavy (non-hydrogen) atoms. The van der Waals surface area contributed by atoms with Gasteiger partial charge in [-0.05, 0) is 67.6 Å². The molecule has 0 radical (unpaired) electrons. The number of ether oxygens (including phenoxy) is 4. The van der Waals surface area contributed by atoms with Crippen LogP contribution >= 0.6 is 0 Å². The molecule has 1 aromatic heterocycles. The molecule has 2 N–H and O–H groups in total. The number of benzene rings is 1. The maximum Gasteiger partial charge on any atom is 0.415 e. The summed E-state index contributed by atoms with van der Waals surface area (Å²) < 4.78 is 35.9. The first-order chi connectivity index (χ1) is 19.7. The standard InChI is InChI=1S/C27H30FN5O8/c1-32(2)25(36)26(39-14-34)40-18-9-16-7-15(8-19(16)20(28)10-18)11-29-6-5-17-12-33(27(37)41-17)22-4-3-21-24(30-22)31-23(35)13-38-21/h3-4,9-10,14-15,17,26,29H,5-8,11-13H2,1-2H3,(H,30,31,35). The van der Waals surface area contributed by atoms with Gasteiger partial charge in [0.1, 0.15) is 23.5 Å². The molecule has 0 spiro atoms.